The van der Waals surface area contributed by atoms with Crippen molar-refractivity contribution in [3.8, 4) is 11.5 Å². The molecule has 0 saturated carbocycles. The Morgan fingerprint density at radius 3 is 2.68 bits per heavy atom. The molecule has 2 aromatic carbocycles. The number of hydrogen-bond acceptors (Lipinski definition) is 3. The number of hydrogen-bond donors (Lipinski definition) is 1. The van der Waals surface area contributed by atoms with Gasteiger partial charge >= 0.3 is 0 Å². The standard InChI is InChI=1S/C19H16O3/c1-2-3-13-4-6-14(7-5-13)10-15-12-22-18-11-16(20)8-9-17(18)19(15)21/h2,4-11,20H,1,3,12H2/b15-10+. The Bertz CT molecular complexity index is 755. The van der Waals surface area contributed by atoms with Crippen LogP contribution in [0.2, 0.25) is 0 Å². The Morgan fingerprint density at radius 2 is 1.95 bits per heavy atom. The summed E-state index contributed by atoms with van der Waals surface area (Å²) in [5.41, 5.74) is 3.24. The molecule has 1 N–H and O–H groups in total. The molecule has 0 aromatic heterocycles. The van der Waals surface area contributed by atoms with Gasteiger partial charge in [-0.1, -0.05) is 30.3 Å². The Kier molecular flexibility index (Phi) is 3.79. The van der Waals surface area contributed by atoms with Crippen LogP contribution in [0.1, 0.15) is 21.5 Å². The average Bonchev–Trinajstić information content (AvgIpc) is 2.52. The van der Waals surface area contributed by atoms with Crippen LogP contribution in [0.15, 0.2) is 60.7 Å². The molecule has 3 nitrogen and oxygen atoms in total. The molecule has 0 radical (unpaired) electrons. The Labute approximate surface area is 129 Å². The van der Waals surface area contributed by atoms with Crippen LogP contribution in [0, 0.1) is 0 Å². The summed E-state index contributed by atoms with van der Waals surface area (Å²) in [6, 6.07) is 12.5. The fourth-order valence-electron chi connectivity index (χ4n) is 2.44. The first-order chi connectivity index (χ1) is 10.7. The van der Waals surface area contributed by atoms with Gasteiger partial charge in [0.25, 0.3) is 0 Å². The summed E-state index contributed by atoms with van der Waals surface area (Å²) >= 11 is 0. The normalized spacial score (nSPS) is 15.3. The van der Waals surface area contributed by atoms with E-state index < -0.39 is 0 Å². The van der Waals surface area contributed by atoms with Crippen LogP contribution in [0.25, 0.3) is 6.08 Å². The first-order valence-electron chi connectivity index (χ1n) is 7.08. The first kappa shape index (κ1) is 14.1. The molecule has 1 heterocycles. The lowest BCUT2D eigenvalue weighted by Gasteiger charge is -2.18. The maximum atomic E-state index is 12.5. The summed E-state index contributed by atoms with van der Waals surface area (Å²) in [5.74, 6) is 0.469. The van der Waals surface area contributed by atoms with Crippen molar-refractivity contribution in [3.63, 3.8) is 0 Å². The minimum Gasteiger partial charge on any atom is -0.508 e. The molecule has 3 rings (SSSR count). The molecule has 110 valence electrons. The number of rotatable bonds is 3. The topological polar surface area (TPSA) is 46.5 Å². The number of aromatic hydroxyl groups is 1. The molecule has 22 heavy (non-hydrogen) atoms. The van der Waals surface area contributed by atoms with Crippen molar-refractivity contribution in [2.75, 3.05) is 6.61 Å². The summed E-state index contributed by atoms with van der Waals surface area (Å²) in [5, 5.41) is 9.43. The molecule has 0 saturated heterocycles. The van der Waals surface area contributed by atoms with E-state index in [4.69, 9.17) is 4.74 Å². The zero-order valence-electron chi connectivity index (χ0n) is 12.1. The van der Waals surface area contributed by atoms with Crippen LogP contribution in [0.4, 0.5) is 0 Å². The second kappa shape index (κ2) is 5.90. The first-order valence-corrected chi connectivity index (χ1v) is 7.08. The number of fused-ring (bicyclic) bond motifs is 1. The predicted molar refractivity (Wildman–Crippen MR) is 86.3 cm³/mol. The molecule has 0 unspecified atom stereocenters. The number of phenolic OH excluding ortho intramolecular Hbond substituents is 1. The molecule has 0 bridgehead atoms. The van der Waals surface area contributed by atoms with Gasteiger partial charge in [-0.2, -0.15) is 0 Å². The van der Waals surface area contributed by atoms with E-state index in [1.807, 2.05) is 36.4 Å². The number of allylic oxidation sites excluding steroid dienone is 1. The molecule has 0 amide bonds. The molecule has 1 aliphatic heterocycles. The van der Waals surface area contributed by atoms with Crippen molar-refractivity contribution in [1.29, 1.82) is 0 Å². The second-order valence-corrected chi connectivity index (χ2v) is 5.20. The van der Waals surface area contributed by atoms with E-state index in [-0.39, 0.29) is 18.1 Å². The minimum atomic E-state index is -0.0589. The Hall–Kier alpha value is -2.81. The van der Waals surface area contributed by atoms with E-state index in [0.29, 0.717) is 16.9 Å². The van der Waals surface area contributed by atoms with E-state index in [1.165, 1.54) is 17.7 Å². The number of carbonyl (C=O) groups is 1. The lowest BCUT2D eigenvalue weighted by Crippen LogP contribution is -2.18. The van der Waals surface area contributed by atoms with Gasteiger partial charge in [-0.3, -0.25) is 4.79 Å². The quantitative estimate of drug-likeness (QED) is 0.691. The molecule has 2 aromatic rings. The number of carbonyl (C=O) groups excluding carboxylic acids is 1. The van der Waals surface area contributed by atoms with Gasteiger partial charge in [0, 0.05) is 11.6 Å². The number of ether oxygens (including phenoxy) is 1. The second-order valence-electron chi connectivity index (χ2n) is 5.20. The molecular formula is C19H16O3. The van der Waals surface area contributed by atoms with Gasteiger partial charge in [-0.05, 0) is 35.8 Å². The zero-order chi connectivity index (χ0) is 15.5. The third kappa shape index (κ3) is 2.79. The zero-order valence-corrected chi connectivity index (χ0v) is 12.1. The van der Waals surface area contributed by atoms with Gasteiger partial charge in [0.1, 0.15) is 18.1 Å². The predicted octanol–water partition coefficient (Wildman–Crippen LogP) is 3.78. The van der Waals surface area contributed by atoms with Crippen molar-refractivity contribution >= 4 is 11.9 Å². The lowest BCUT2D eigenvalue weighted by atomic mass is 9.98. The molecule has 0 atom stereocenters. The molecule has 0 spiro atoms. The number of Topliss-reactive ketones (excluding diaryl/α,β-unsaturated/α-hetero) is 1. The van der Waals surface area contributed by atoms with Crippen molar-refractivity contribution in [2.45, 2.75) is 6.42 Å². The lowest BCUT2D eigenvalue weighted by molar-refractivity contribution is 0.100. The maximum absolute atomic E-state index is 12.5. The Morgan fingerprint density at radius 1 is 1.18 bits per heavy atom. The summed E-state index contributed by atoms with van der Waals surface area (Å²) in [4.78, 5) is 12.5. The van der Waals surface area contributed by atoms with Crippen molar-refractivity contribution in [3.05, 3.63) is 77.4 Å². The molecule has 0 aliphatic carbocycles. The summed E-state index contributed by atoms with van der Waals surface area (Å²) in [6.45, 7) is 3.93. The highest BCUT2D eigenvalue weighted by Gasteiger charge is 2.23. The van der Waals surface area contributed by atoms with E-state index in [9.17, 15) is 9.90 Å². The number of phenols is 1. The van der Waals surface area contributed by atoms with Crippen LogP contribution in [-0.4, -0.2) is 17.5 Å². The highest BCUT2D eigenvalue weighted by Crippen LogP contribution is 2.31. The third-order valence-corrected chi connectivity index (χ3v) is 3.59. The van der Waals surface area contributed by atoms with Gasteiger partial charge in [0.2, 0.25) is 0 Å². The van der Waals surface area contributed by atoms with E-state index >= 15 is 0 Å². The molecule has 0 fully saturated rings. The van der Waals surface area contributed by atoms with Crippen LogP contribution in [-0.2, 0) is 6.42 Å². The average molecular weight is 292 g/mol. The van der Waals surface area contributed by atoms with E-state index in [0.717, 1.165) is 12.0 Å². The summed E-state index contributed by atoms with van der Waals surface area (Å²) in [6.07, 6.45) is 4.53. The fraction of sp³-hybridized carbons (Fsp3) is 0.105. The number of ketones is 1. The monoisotopic (exact) mass is 292 g/mol. The van der Waals surface area contributed by atoms with Gasteiger partial charge in [0.05, 0.1) is 5.56 Å². The van der Waals surface area contributed by atoms with Gasteiger partial charge in [-0.25, -0.2) is 0 Å². The van der Waals surface area contributed by atoms with Crippen LogP contribution in [0.5, 0.6) is 11.5 Å². The van der Waals surface area contributed by atoms with Gasteiger partial charge < -0.3 is 9.84 Å². The SMILES string of the molecule is C=CCc1ccc(/C=C2\COc3cc(O)ccc3C2=O)cc1. The summed E-state index contributed by atoms with van der Waals surface area (Å²) < 4.78 is 5.56. The van der Waals surface area contributed by atoms with Crippen LogP contribution >= 0.6 is 0 Å². The van der Waals surface area contributed by atoms with Crippen molar-refractivity contribution in [2.24, 2.45) is 0 Å². The van der Waals surface area contributed by atoms with Crippen molar-refractivity contribution < 1.29 is 14.6 Å². The molecule has 1 aliphatic rings. The number of benzene rings is 2. The maximum Gasteiger partial charge on any atom is 0.196 e. The van der Waals surface area contributed by atoms with E-state index in [2.05, 4.69) is 6.58 Å². The molecule has 3 heteroatoms. The largest absolute Gasteiger partial charge is 0.508 e. The minimum absolute atomic E-state index is 0.0589. The third-order valence-electron chi connectivity index (χ3n) is 3.59. The molecular weight excluding hydrogens is 276 g/mol. The highest BCUT2D eigenvalue weighted by molar-refractivity contribution is 6.14. The van der Waals surface area contributed by atoms with Crippen molar-refractivity contribution in [1.82, 2.24) is 0 Å². The van der Waals surface area contributed by atoms with Gasteiger partial charge in [-0.15, -0.1) is 6.58 Å². The van der Waals surface area contributed by atoms with Crippen LogP contribution < -0.4 is 4.74 Å². The van der Waals surface area contributed by atoms with E-state index in [1.54, 1.807) is 6.07 Å². The van der Waals surface area contributed by atoms with Gasteiger partial charge in [0.15, 0.2) is 5.78 Å². The van der Waals surface area contributed by atoms with Crippen LogP contribution in [0.3, 0.4) is 0 Å². The highest BCUT2D eigenvalue weighted by atomic mass is 16.5. The Balaban J connectivity index is 1.87. The fourth-order valence-corrected chi connectivity index (χ4v) is 2.44. The summed E-state index contributed by atoms with van der Waals surface area (Å²) in [7, 11) is 0. The smallest absolute Gasteiger partial charge is 0.196 e.